The lowest BCUT2D eigenvalue weighted by atomic mass is 10.2. The number of hydrogen-bond donors (Lipinski definition) is 1. The van der Waals surface area contributed by atoms with E-state index in [0.717, 1.165) is 26.2 Å². The Morgan fingerprint density at radius 1 is 1.22 bits per heavy atom. The number of rotatable bonds is 5. The minimum Gasteiger partial charge on any atom is -0.342 e. The Labute approximate surface area is 111 Å². The van der Waals surface area contributed by atoms with Gasteiger partial charge in [0, 0.05) is 51.9 Å². The van der Waals surface area contributed by atoms with Crippen molar-refractivity contribution < 1.29 is 4.79 Å². The van der Waals surface area contributed by atoms with Gasteiger partial charge in [0.15, 0.2) is 0 Å². The predicted octanol–water partition coefficient (Wildman–Crippen LogP) is -0.182. The monoisotopic (exact) mass is 256 g/mol. The first kappa shape index (κ1) is 15.4. The molecule has 1 amide bonds. The average molecular weight is 256 g/mol. The molecule has 0 aromatic rings. The molecule has 1 aliphatic rings. The van der Waals surface area contributed by atoms with E-state index in [0.29, 0.717) is 19.1 Å². The van der Waals surface area contributed by atoms with Gasteiger partial charge in [-0.2, -0.15) is 0 Å². The van der Waals surface area contributed by atoms with Crippen LogP contribution in [0.2, 0.25) is 0 Å². The van der Waals surface area contributed by atoms with Gasteiger partial charge in [0.1, 0.15) is 0 Å². The van der Waals surface area contributed by atoms with Crippen LogP contribution >= 0.6 is 0 Å². The second-order valence-corrected chi connectivity index (χ2v) is 5.50. The molecule has 1 fully saturated rings. The van der Waals surface area contributed by atoms with Gasteiger partial charge in [0.05, 0.1) is 6.54 Å². The van der Waals surface area contributed by atoms with E-state index in [1.807, 2.05) is 25.8 Å². The quantitative estimate of drug-likeness (QED) is 0.741. The Hall–Kier alpha value is -0.650. The highest BCUT2D eigenvalue weighted by molar-refractivity contribution is 5.78. The standard InChI is InChI=1S/C13H28N4O/c1-11(2)15(4)13(18)10-16-5-7-17(8-6-16)12(3)9-14/h11-12H,5-10,14H2,1-4H3. The molecule has 1 unspecified atom stereocenters. The molecule has 1 heterocycles. The summed E-state index contributed by atoms with van der Waals surface area (Å²) in [5.74, 6) is 0.213. The number of nitrogens with zero attached hydrogens (tertiary/aromatic N) is 3. The first-order chi connectivity index (χ1) is 8.45. The molecular weight excluding hydrogens is 228 g/mol. The molecule has 0 radical (unpaired) electrons. The number of hydrogen-bond acceptors (Lipinski definition) is 4. The summed E-state index contributed by atoms with van der Waals surface area (Å²) in [7, 11) is 1.87. The third kappa shape index (κ3) is 4.23. The summed E-state index contributed by atoms with van der Waals surface area (Å²) in [5, 5.41) is 0. The number of amides is 1. The lowest BCUT2D eigenvalue weighted by Crippen LogP contribution is -2.53. The van der Waals surface area contributed by atoms with Gasteiger partial charge in [-0.15, -0.1) is 0 Å². The summed E-state index contributed by atoms with van der Waals surface area (Å²) in [6, 6.07) is 0.720. The van der Waals surface area contributed by atoms with Crippen LogP contribution in [-0.2, 0) is 4.79 Å². The molecule has 1 saturated heterocycles. The maximum Gasteiger partial charge on any atom is 0.236 e. The normalized spacial score (nSPS) is 20.1. The number of carbonyl (C=O) groups is 1. The van der Waals surface area contributed by atoms with E-state index in [1.54, 1.807) is 0 Å². The summed E-state index contributed by atoms with van der Waals surface area (Å²) < 4.78 is 0. The number of piperazine rings is 1. The Balaban J connectivity index is 2.33. The van der Waals surface area contributed by atoms with Crippen molar-refractivity contribution in [2.75, 3.05) is 46.3 Å². The fourth-order valence-electron chi connectivity index (χ4n) is 2.10. The Morgan fingerprint density at radius 2 is 1.78 bits per heavy atom. The van der Waals surface area contributed by atoms with Crippen LogP contribution in [0, 0.1) is 0 Å². The zero-order chi connectivity index (χ0) is 13.7. The van der Waals surface area contributed by atoms with Crippen LogP contribution in [0.4, 0.5) is 0 Å². The fraction of sp³-hybridized carbons (Fsp3) is 0.923. The van der Waals surface area contributed by atoms with Crippen LogP contribution in [0.15, 0.2) is 0 Å². The van der Waals surface area contributed by atoms with Crippen molar-refractivity contribution in [1.82, 2.24) is 14.7 Å². The maximum absolute atomic E-state index is 12.0. The largest absolute Gasteiger partial charge is 0.342 e. The first-order valence-corrected chi connectivity index (χ1v) is 6.87. The number of likely N-dealkylation sites (N-methyl/N-ethyl adjacent to an activating group) is 1. The molecule has 106 valence electrons. The average Bonchev–Trinajstić information content (AvgIpc) is 2.37. The summed E-state index contributed by atoms with van der Waals surface area (Å²) in [6.45, 7) is 11.4. The third-order valence-corrected chi connectivity index (χ3v) is 3.90. The minimum atomic E-state index is 0.213. The van der Waals surface area contributed by atoms with E-state index in [9.17, 15) is 4.79 Å². The Morgan fingerprint density at radius 3 is 2.22 bits per heavy atom. The van der Waals surface area contributed by atoms with Gasteiger partial charge in [-0.1, -0.05) is 0 Å². The minimum absolute atomic E-state index is 0.213. The molecule has 0 saturated carbocycles. The van der Waals surface area contributed by atoms with Gasteiger partial charge in [0.25, 0.3) is 0 Å². The summed E-state index contributed by atoms with van der Waals surface area (Å²) in [6.07, 6.45) is 0. The van der Waals surface area contributed by atoms with Crippen molar-refractivity contribution in [2.45, 2.75) is 32.9 Å². The molecule has 0 aromatic heterocycles. The molecule has 18 heavy (non-hydrogen) atoms. The van der Waals surface area contributed by atoms with Crippen LogP contribution in [0.3, 0.4) is 0 Å². The van der Waals surface area contributed by atoms with E-state index >= 15 is 0 Å². The van der Waals surface area contributed by atoms with E-state index in [1.165, 1.54) is 0 Å². The van der Waals surface area contributed by atoms with Crippen molar-refractivity contribution >= 4 is 5.91 Å². The SMILES string of the molecule is CC(CN)N1CCN(CC(=O)N(C)C(C)C)CC1. The molecular formula is C13H28N4O. The molecule has 0 aromatic carbocycles. The molecule has 5 heteroatoms. The molecule has 1 atom stereocenters. The zero-order valence-corrected chi connectivity index (χ0v) is 12.2. The van der Waals surface area contributed by atoms with Gasteiger partial charge in [-0.25, -0.2) is 0 Å². The number of carbonyl (C=O) groups excluding carboxylic acids is 1. The van der Waals surface area contributed by atoms with Crippen molar-refractivity contribution in [3.8, 4) is 0 Å². The highest BCUT2D eigenvalue weighted by atomic mass is 16.2. The van der Waals surface area contributed by atoms with Gasteiger partial charge < -0.3 is 10.6 Å². The second-order valence-electron chi connectivity index (χ2n) is 5.50. The number of nitrogens with two attached hydrogens (primary N) is 1. The van der Waals surface area contributed by atoms with Crippen molar-refractivity contribution in [2.24, 2.45) is 5.73 Å². The summed E-state index contributed by atoms with van der Waals surface area (Å²) >= 11 is 0. The lowest BCUT2D eigenvalue weighted by molar-refractivity contribution is -0.133. The first-order valence-electron chi connectivity index (χ1n) is 6.87. The van der Waals surface area contributed by atoms with Crippen LogP contribution in [0.1, 0.15) is 20.8 Å². The molecule has 0 aliphatic carbocycles. The third-order valence-electron chi connectivity index (χ3n) is 3.90. The van der Waals surface area contributed by atoms with E-state index in [2.05, 4.69) is 16.7 Å². The van der Waals surface area contributed by atoms with Gasteiger partial charge in [0.2, 0.25) is 5.91 Å². The van der Waals surface area contributed by atoms with Gasteiger partial charge in [-0.3, -0.25) is 14.6 Å². The van der Waals surface area contributed by atoms with Crippen LogP contribution in [0.25, 0.3) is 0 Å². The highest BCUT2D eigenvalue weighted by Gasteiger charge is 2.23. The second kappa shape index (κ2) is 7.07. The fourth-order valence-corrected chi connectivity index (χ4v) is 2.10. The summed E-state index contributed by atoms with van der Waals surface area (Å²) in [4.78, 5) is 18.4. The molecule has 1 rings (SSSR count). The molecule has 0 bridgehead atoms. The molecule has 5 nitrogen and oxygen atoms in total. The molecule has 2 N–H and O–H groups in total. The van der Waals surface area contributed by atoms with Crippen LogP contribution < -0.4 is 5.73 Å². The molecule has 1 aliphatic heterocycles. The van der Waals surface area contributed by atoms with E-state index in [-0.39, 0.29) is 11.9 Å². The van der Waals surface area contributed by atoms with Crippen molar-refractivity contribution in [3.63, 3.8) is 0 Å². The van der Waals surface area contributed by atoms with E-state index in [4.69, 9.17) is 5.73 Å². The van der Waals surface area contributed by atoms with E-state index < -0.39 is 0 Å². The zero-order valence-electron chi connectivity index (χ0n) is 12.2. The van der Waals surface area contributed by atoms with Crippen molar-refractivity contribution in [3.05, 3.63) is 0 Å². The van der Waals surface area contributed by atoms with Crippen LogP contribution in [0.5, 0.6) is 0 Å². The topological polar surface area (TPSA) is 52.8 Å². The smallest absolute Gasteiger partial charge is 0.236 e. The van der Waals surface area contributed by atoms with Crippen LogP contribution in [-0.4, -0.2) is 79.0 Å². The van der Waals surface area contributed by atoms with Gasteiger partial charge >= 0.3 is 0 Å². The Bertz CT molecular complexity index is 262. The maximum atomic E-state index is 12.0. The predicted molar refractivity (Wildman–Crippen MR) is 74.4 cm³/mol. The molecule has 0 spiro atoms. The lowest BCUT2D eigenvalue weighted by Gasteiger charge is -2.38. The summed E-state index contributed by atoms with van der Waals surface area (Å²) in [5.41, 5.74) is 5.68. The highest BCUT2D eigenvalue weighted by Crippen LogP contribution is 2.06. The van der Waals surface area contributed by atoms with Gasteiger partial charge in [-0.05, 0) is 20.8 Å². The van der Waals surface area contributed by atoms with Crippen molar-refractivity contribution in [1.29, 1.82) is 0 Å². The Kier molecular flexibility index (Phi) is 6.05.